The first kappa shape index (κ1) is 15.7. The fourth-order valence-corrected chi connectivity index (χ4v) is 2.47. The first-order chi connectivity index (χ1) is 11.5. The number of H-pyrrole nitrogens is 1. The average Bonchev–Trinajstić information content (AvgIpc) is 3.02. The van der Waals surface area contributed by atoms with Crippen molar-refractivity contribution in [3.8, 4) is 11.3 Å². The monoisotopic (exact) mass is 323 g/mol. The Balaban J connectivity index is 1.75. The minimum Gasteiger partial charge on any atom is -0.356 e. The number of aryl methyl sites for hydroxylation is 1. The molecule has 1 amide bonds. The maximum atomic E-state index is 12.4. The number of benzene rings is 1. The van der Waals surface area contributed by atoms with Crippen LogP contribution in [0.1, 0.15) is 21.7 Å². The van der Waals surface area contributed by atoms with E-state index in [0.717, 1.165) is 5.56 Å². The number of aromatic amines is 1. The summed E-state index contributed by atoms with van der Waals surface area (Å²) >= 11 is 0. The van der Waals surface area contributed by atoms with E-state index in [1.165, 1.54) is 11.0 Å². The van der Waals surface area contributed by atoms with Gasteiger partial charge in [-0.3, -0.25) is 9.59 Å². The zero-order chi connectivity index (χ0) is 17.1. The van der Waals surface area contributed by atoms with Crippen LogP contribution in [0, 0.1) is 6.92 Å². The molecule has 0 saturated carbocycles. The highest BCUT2D eigenvalue weighted by Gasteiger charge is 2.15. The van der Waals surface area contributed by atoms with E-state index in [1.807, 2.05) is 36.4 Å². The molecule has 0 aliphatic carbocycles. The van der Waals surface area contributed by atoms with Crippen LogP contribution in [0.2, 0.25) is 0 Å². The van der Waals surface area contributed by atoms with Gasteiger partial charge < -0.3 is 14.4 Å². The Morgan fingerprint density at radius 3 is 2.67 bits per heavy atom. The van der Waals surface area contributed by atoms with Crippen LogP contribution in [-0.4, -0.2) is 28.0 Å². The Bertz CT molecular complexity index is 913. The molecule has 0 fully saturated rings. The summed E-state index contributed by atoms with van der Waals surface area (Å²) in [6, 6.07) is 14.4. The minimum atomic E-state index is -0.292. The molecule has 0 spiro atoms. The first-order valence-electron chi connectivity index (χ1n) is 7.50. The lowest BCUT2D eigenvalue weighted by Crippen LogP contribution is -2.27. The Morgan fingerprint density at radius 2 is 1.96 bits per heavy atom. The molecular weight excluding hydrogens is 306 g/mol. The van der Waals surface area contributed by atoms with Crippen LogP contribution in [0.25, 0.3) is 11.3 Å². The van der Waals surface area contributed by atoms with Gasteiger partial charge in [-0.1, -0.05) is 35.5 Å². The largest absolute Gasteiger partial charge is 0.356 e. The number of nitrogens with zero attached hydrogens (tertiary/aromatic N) is 2. The van der Waals surface area contributed by atoms with Crippen molar-refractivity contribution < 1.29 is 9.32 Å². The van der Waals surface area contributed by atoms with Gasteiger partial charge in [0.15, 0.2) is 5.76 Å². The van der Waals surface area contributed by atoms with Crippen molar-refractivity contribution in [2.24, 2.45) is 0 Å². The lowest BCUT2D eigenvalue weighted by atomic mass is 10.1. The van der Waals surface area contributed by atoms with Crippen molar-refractivity contribution in [3.63, 3.8) is 0 Å². The lowest BCUT2D eigenvalue weighted by Gasteiger charge is -2.15. The van der Waals surface area contributed by atoms with Gasteiger partial charge in [0.1, 0.15) is 5.69 Å². The van der Waals surface area contributed by atoms with Gasteiger partial charge in [-0.05, 0) is 13.0 Å². The van der Waals surface area contributed by atoms with Crippen molar-refractivity contribution in [3.05, 3.63) is 75.8 Å². The van der Waals surface area contributed by atoms with Crippen molar-refractivity contribution in [2.75, 3.05) is 7.05 Å². The van der Waals surface area contributed by atoms with Crippen molar-refractivity contribution >= 4 is 5.91 Å². The van der Waals surface area contributed by atoms with E-state index >= 15 is 0 Å². The number of amides is 1. The molecule has 3 aromatic rings. The van der Waals surface area contributed by atoms with E-state index in [2.05, 4.69) is 10.1 Å². The maximum Gasteiger partial charge on any atom is 0.254 e. The van der Waals surface area contributed by atoms with Crippen LogP contribution in [0.5, 0.6) is 0 Å². The highest BCUT2D eigenvalue weighted by atomic mass is 16.5. The van der Waals surface area contributed by atoms with Crippen molar-refractivity contribution in [1.29, 1.82) is 0 Å². The Kier molecular flexibility index (Phi) is 4.29. The summed E-state index contributed by atoms with van der Waals surface area (Å²) in [5.41, 5.74) is 2.28. The predicted octanol–water partition coefficient (Wildman–Crippen LogP) is 2.61. The molecule has 24 heavy (non-hydrogen) atoms. The van der Waals surface area contributed by atoms with Gasteiger partial charge in [0.25, 0.3) is 5.91 Å². The normalized spacial score (nSPS) is 10.6. The number of carbonyl (C=O) groups is 1. The number of nitrogens with one attached hydrogen (secondary N) is 1. The topological polar surface area (TPSA) is 79.2 Å². The second-order valence-corrected chi connectivity index (χ2v) is 5.63. The maximum absolute atomic E-state index is 12.4. The molecule has 0 atom stereocenters. The molecule has 0 aliphatic rings. The van der Waals surface area contributed by atoms with E-state index in [-0.39, 0.29) is 11.5 Å². The Labute approximate surface area is 138 Å². The number of carbonyl (C=O) groups excluding carboxylic acids is 1. The van der Waals surface area contributed by atoms with Crippen LogP contribution >= 0.6 is 0 Å². The first-order valence-corrected chi connectivity index (χ1v) is 7.50. The van der Waals surface area contributed by atoms with E-state index < -0.39 is 0 Å². The highest BCUT2D eigenvalue weighted by Crippen LogP contribution is 2.20. The Hall–Kier alpha value is -3.15. The van der Waals surface area contributed by atoms with E-state index in [0.29, 0.717) is 29.3 Å². The molecule has 6 heteroatoms. The lowest BCUT2D eigenvalue weighted by molar-refractivity contribution is 0.0782. The summed E-state index contributed by atoms with van der Waals surface area (Å²) in [6.07, 6.45) is 0. The summed E-state index contributed by atoms with van der Waals surface area (Å²) < 4.78 is 5.33. The number of hydrogen-bond donors (Lipinski definition) is 1. The van der Waals surface area contributed by atoms with Crippen LogP contribution in [0.3, 0.4) is 0 Å². The fourth-order valence-electron chi connectivity index (χ4n) is 2.47. The molecule has 0 unspecified atom stereocenters. The average molecular weight is 323 g/mol. The second kappa shape index (κ2) is 6.54. The standard InChI is InChI=1S/C18H17N3O3/c1-12-8-14(9-17(22)19-12)18(23)21(2)11-15-10-16(24-20-15)13-6-4-3-5-7-13/h3-10H,11H2,1-2H3,(H,19,22). The molecule has 3 rings (SSSR count). The van der Waals surface area contributed by atoms with Gasteiger partial charge in [0.2, 0.25) is 5.56 Å². The van der Waals surface area contributed by atoms with Crippen molar-refractivity contribution in [2.45, 2.75) is 13.5 Å². The van der Waals surface area contributed by atoms with Gasteiger partial charge in [0.05, 0.1) is 6.54 Å². The zero-order valence-electron chi connectivity index (χ0n) is 13.4. The summed E-state index contributed by atoms with van der Waals surface area (Å²) in [5.74, 6) is 0.409. The molecule has 2 aromatic heterocycles. The number of pyridine rings is 1. The summed E-state index contributed by atoms with van der Waals surface area (Å²) in [7, 11) is 1.66. The molecule has 6 nitrogen and oxygen atoms in total. The quantitative estimate of drug-likeness (QED) is 0.800. The molecule has 1 aromatic carbocycles. The van der Waals surface area contributed by atoms with E-state index in [4.69, 9.17) is 4.52 Å². The smallest absolute Gasteiger partial charge is 0.254 e. The molecule has 0 saturated heterocycles. The van der Waals surface area contributed by atoms with Crippen LogP contribution in [-0.2, 0) is 6.54 Å². The molecule has 1 N–H and O–H groups in total. The van der Waals surface area contributed by atoms with Gasteiger partial charge in [0, 0.05) is 36.0 Å². The van der Waals surface area contributed by atoms with Gasteiger partial charge in [-0.15, -0.1) is 0 Å². The molecule has 0 radical (unpaired) electrons. The van der Waals surface area contributed by atoms with Crippen LogP contribution in [0.15, 0.2) is 57.8 Å². The van der Waals surface area contributed by atoms with Gasteiger partial charge >= 0.3 is 0 Å². The Morgan fingerprint density at radius 1 is 1.21 bits per heavy atom. The number of aromatic nitrogens is 2. The third kappa shape index (κ3) is 3.43. The molecule has 122 valence electrons. The van der Waals surface area contributed by atoms with E-state index in [1.54, 1.807) is 20.0 Å². The fraction of sp³-hybridized carbons (Fsp3) is 0.167. The molecule has 0 bridgehead atoms. The minimum absolute atomic E-state index is 0.242. The zero-order valence-corrected chi connectivity index (χ0v) is 13.4. The SMILES string of the molecule is Cc1cc(C(=O)N(C)Cc2cc(-c3ccccc3)on2)cc(=O)[nH]1. The molecule has 2 heterocycles. The molecular formula is C18H17N3O3. The summed E-state index contributed by atoms with van der Waals surface area (Å²) in [5, 5.41) is 4.01. The third-order valence-electron chi connectivity index (χ3n) is 3.59. The number of hydrogen-bond acceptors (Lipinski definition) is 4. The van der Waals surface area contributed by atoms with Crippen molar-refractivity contribution in [1.82, 2.24) is 15.0 Å². The van der Waals surface area contributed by atoms with Gasteiger partial charge in [-0.2, -0.15) is 0 Å². The predicted molar refractivity (Wildman–Crippen MR) is 89.5 cm³/mol. The summed E-state index contributed by atoms with van der Waals surface area (Å²) in [6.45, 7) is 2.03. The third-order valence-corrected chi connectivity index (χ3v) is 3.59. The van der Waals surface area contributed by atoms with Gasteiger partial charge in [-0.25, -0.2) is 0 Å². The van der Waals surface area contributed by atoms with Crippen LogP contribution in [0.4, 0.5) is 0 Å². The second-order valence-electron chi connectivity index (χ2n) is 5.63. The molecule has 0 aliphatic heterocycles. The summed E-state index contributed by atoms with van der Waals surface area (Å²) in [4.78, 5) is 28.1. The van der Waals surface area contributed by atoms with E-state index in [9.17, 15) is 9.59 Å². The highest BCUT2D eigenvalue weighted by molar-refractivity contribution is 5.94. The number of rotatable bonds is 4. The van der Waals surface area contributed by atoms with Crippen LogP contribution < -0.4 is 5.56 Å².